The zero-order valence-corrected chi connectivity index (χ0v) is 14.0. The molecule has 9 heteroatoms. The number of nitrogens with zero attached hydrogens (tertiary/aromatic N) is 4. The molecule has 4 rings (SSSR count). The van der Waals surface area contributed by atoms with Crippen LogP contribution in [0.15, 0.2) is 43.0 Å². The molecule has 0 aliphatic carbocycles. The number of ether oxygens (including phenoxy) is 1. The molecule has 0 amide bonds. The highest BCUT2D eigenvalue weighted by Gasteiger charge is 2.53. The van der Waals surface area contributed by atoms with Crippen LogP contribution < -0.4 is 5.32 Å². The molecule has 9 nitrogen and oxygen atoms in total. The highest BCUT2D eigenvalue weighted by Crippen LogP contribution is 2.39. The topological polar surface area (TPSA) is 126 Å². The summed E-state index contributed by atoms with van der Waals surface area (Å²) in [6.07, 6.45) is -0.217. The van der Waals surface area contributed by atoms with E-state index in [9.17, 15) is 15.3 Å². The van der Waals surface area contributed by atoms with Gasteiger partial charge >= 0.3 is 0 Å². The Balaban J connectivity index is 1.73. The maximum atomic E-state index is 10.7. The second-order valence-electron chi connectivity index (χ2n) is 6.42. The average Bonchev–Trinajstić information content (AvgIpc) is 3.16. The number of hydrogen-bond donors (Lipinski definition) is 4. The van der Waals surface area contributed by atoms with Crippen LogP contribution in [0.4, 0.5) is 11.5 Å². The lowest BCUT2D eigenvalue weighted by molar-refractivity contribution is -0.0950. The van der Waals surface area contributed by atoms with Gasteiger partial charge in [0.2, 0.25) is 0 Å². The van der Waals surface area contributed by atoms with Crippen LogP contribution >= 0.6 is 0 Å². The maximum Gasteiger partial charge on any atom is 0.168 e. The van der Waals surface area contributed by atoms with Gasteiger partial charge in [0.15, 0.2) is 23.2 Å². The van der Waals surface area contributed by atoms with Crippen molar-refractivity contribution in [2.24, 2.45) is 0 Å². The molecule has 0 radical (unpaired) electrons. The number of aliphatic hydroxyl groups excluding tert-OH is 2. The minimum Gasteiger partial charge on any atom is -0.394 e. The van der Waals surface area contributed by atoms with E-state index >= 15 is 0 Å². The summed E-state index contributed by atoms with van der Waals surface area (Å²) in [5, 5.41) is 33.4. The van der Waals surface area contributed by atoms with Crippen LogP contribution in [-0.2, 0) is 4.74 Å². The fourth-order valence-corrected chi connectivity index (χ4v) is 3.16. The van der Waals surface area contributed by atoms with Gasteiger partial charge in [0.1, 0.15) is 24.1 Å². The molecule has 26 heavy (non-hydrogen) atoms. The first kappa shape index (κ1) is 16.9. The summed E-state index contributed by atoms with van der Waals surface area (Å²) in [5.74, 6) is 0.511. The van der Waals surface area contributed by atoms with Crippen molar-refractivity contribution < 1.29 is 20.1 Å². The normalized spacial score (nSPS) is 28.5. The van der Waals surface area contributed by atoms with E-state index < -0.39 is 30.6 Å². The number of para-hydroxylation sites is 1. The lowest BCUT2D eigenvalue weighted by Gasteiger charge is -2.27. The van der Waals surface area contributed by atoms with Gasteiger partial charge in [-0.15, -0.1) is 0 Å². The number of rotatable bonds is 4. The van der Waals surface area contributed by atoms with E-state index in [1.165, 1.54) is 24.1 Å². The molecule has 1 aliphatic heterocycles. The fourth-order valence-electron chi connectivity index (χ4n) is 3.16. The van der Waals surface area contributed by atoms with Crippen LogP contribution in [0.25, 0.3) is 11.2 Å². The standard InChI is InChI=1S/C17H19N5O4/c1-17(25)13(24)11(7-23)26-16(17)22-9-20-12-14(18-8-19-15(12)22)21-10-5-3-2-4-6-10/h2-6,8-9,11,13,16,23-25H,7H2,1H3,(H,18,19,21)/t11-,13-,16-,17?/m1/s1. The summed E-state index contributed by atoms with van der Waals surface area (Å²) < 4.78 is 7.17. The fraction of sp³-hybridized carbons (Fsp3) is 0.353. The zero-order chi connectivity index (χ0) is 18.3. The molecule has 1 aliphatic rings. The molecule has 3 heterocycles. The molecule has 4 N–H and O–H groups in total. The Morgan fingerprint density at radius 2 is 2.00 bits per heavy atom. The summed E-state index contributed by atoms with van der Waals surface area (Å²) in [7, 11) is 0. The first-order chi connectivity index (χ1) is 12.5. The molecule has 0 spiro atoms. The van der Waals surface area contributed by atoms with Crippen molar-refractivity contribution in [3.8, 4) is 0 Å². The maximum absolute atomic E-state index is 10.7. The lowest BCUT2D eigenvalue weighted by Crippen LogP contribution is -2.44. The van der Waals surface area contributed by atoms with E-state index in [1.54, 1.807) is 0 Å². The quantitative estimate of drug-likeness (QED) is 0.534. The molecule has 1 saturated heterocycles. The van der Waals surface area contributed by atoms with Crippen molar-refractivity contribution in [2.75, 3.05) is 11.9 Å². The minimum atomic E-state index is -1.61. The third-order valence-corrected chi connectivity index (χ3v) is 4.58. The van der Waals surface area contributed by atoms with Crippen LogP contribution in [0.1, 0.15) is 13.2 Å². The van der Waals surface area contributed by atoms with E-state index in [1.807, 2.05) is 30.3 Å². The number of fused-ring (bicyclic) bond motifs is 1. The van der Waals surface area contributed by atoms with Gasteiger partial charge in [0.05, 0.1) is 12.9 Å². The molecule has 0 bridgehead atoms. The lowest BCUT2D eigenvalue weighted by atomic mass is 9.96. The van der Waals surface area contributed by atoms with Crippen LogP contribution in [-0.4, -0.2) is 59.3 Å². The Labute approximate surface area is 148 Å². The molecule has 1 fully saturated rings. The molecular weight excluding hydrogens is 338 g/mol. The van der Waals surface area contributed by atoms with Crippen molar-refractivity contribution >= 4 is 22.7 Å². The highest BCUT2D eigenvalue weighted by atomic mass is 16.6. The number of aromatic nitrogens is 4. The highest BCUT2D eigenvalue weighted by molar-refractivity contribution is 5.85. The number of anilines is 2. The summed E-state index contributed by atoms with van der Waals surface area (Å²) >= 11 is 0. The van der Waals surface area contributed by atoms with Gasteiger partial charge in [-0.3, -0.25) is 4.57 Å². The number of imidazole rings is 1. The van der Waals surface area contributed by atoms with Crippen LogP contribution in [0.3, 0.4) is 0 Å². The Hall–Kier alpha value is -2.59. The van der Waals surface area contributed by atoms with Crippen molar-refractivity contribution in [2.45, 2.75) is 31.0 Å². The van der Waals surface area contributed by atoms with Crippen LogP contribution in [0.2, 0.25) is 0 Å². The van der Waals surface area contributed by atoms with Gasteiger partial charge in [-0.1, -0.05) is 18.2 Å². The van der Waals surface area contributed by atoms with Crippen molar-refractivity contribution in [1.29, 1.82) is 0 Å². The zero-order valence-electron chi connectivity index (χ0n) is 14.0. The minimum absolute atomic E-state index is 0.407. The van der Waals surface area contributed by atoms with Gasteiger partial charge in [0, 0.05) is 5.69 Å². The molecule has 2 aromatic heterocycles. The summed E-state index contributed by atoms with van der Waals surface area (Å²) in [6, 6.07) is 9.52. The second kappa shape index (κ2) is 6.29. The third kappa shape index (κ3) is 2.61. The smallest absolute Gasteiger partial charge is 0.168 e. The predicted octanol–water partition coefficient (Wildman–Crippen LogP) is 0.571. The Morgan fingerprint density at radius 3 is 2.69 bits per heavy atom. The van der Waals surface area contributed by atoms with Gasteiger partial charge in [-0.2, -0.15) is 0 Å². The monoisotopic (exact) mass is 357 g/mol. The molecular formula is C17H19N5O4. The summed E-state index contributed by atoms with van der Waals surface area (Å²) in [5.41, 5.74) is 0.174. The predicted molar refractivity (Wildman–Crippen MR) is 92.7 cm³/mol. The van der Waals surface area contributed by atoms with Crippen LogP contribution in [0, 0.1) is 0 Å². The largest absolute Gasteiger partial charge is 0.394 e. The van der Waals surface area contributed by atoms with Gasteiger partial charge in [-0.25, -0.2) is 15.0 Å². The molecule has 136 valence electrons. The van der Waals surface area contributed by atoms with E-state index in [0.717, 1.165) is 5.69 Å². The number of benzene rings is 1. The Kier molecular flexibility index (Phi) is 4.08. The van der Waals surface area contributed by atoms with Crippen molar-refractivity contribution in [1.82, 2.24) is 19.5 Å². The average molecular weight is 357 g/mol. The molecule has 1 unspecified atom stereocenters. The van der Waals surface area contributed by atoms with E-state index in [-0.39, 0.29) is 0 Å². The van der Waals surface area contributed by atoms with E-state index in [2.05, 4.69) is 20.3 Å². The number of hydrogen-bond acceptors (Lipinski definition) is 8. The van der Waals surface area contributed by atoms with Gasteiger partial charge in [-0.05, 0) is 19.1 Å². The second-order valence-corrected chi connectivity index (χ2v) is 6.42. The van der Waals surface area contributed by atoms with Crippen LogP contribution in [0.5, 0.6) is 0 Å². The summed E-state index contributed by atoms with van der Waals surface area (Å²) in [4.78, 5) is 12.8. The summed E-state index contributed by atoms with van der Waals surface area (Å²) in [6.45, 7) is 1.05. The van der Waals surface area contributed by atoms with Gasteiger partial charge < -0.3 is 25.4 Å². The molecule has 0 saturated carbocycles. The Morgan fingerprint density at radius 1 is 1.23 bits per heavy atom. The first-order valence-corrected chi connectivity index (χ1v) is 8.18. The molecule has 3 aromatic rings. The SMILES string of the molecule is CC1(O)[C@H](O)[C@@H](CO)O[C@H]1n1cnc2c(Nc3ccccc3)ncnc21. The number of nitrogens with one attached hydrogen (secondary N) is 1. The number of aliphatic hydroxyl groups is 3. The van der Waals surface area contributed by atoms with E-state index in [4.69, 9.17) is 4.74 Å². The molecule has 4 atom stereocenters. The molecule has 1 aromatic carbocycles. The Bertz CT molecular complexity index is 914. The van der Waals surface area contributed by atoms with E-state index in [0.29, 0.717) is 17.0 Å². The third-order valence-electron chi connectivity index (χ3n) is 4.58. The van der Waals surface area contributed by atoms with Crippen molar-refractivity contribution in [3.05, 3.63) is 43.0 Å². The van der Waals surface area contributed by atoms with Crippen molar-refractivity contribution in [3.63, 3.8) is 0 Å². The first-order valence-electron chi connectivity index (χ1n) is 8.18. The van der Waals surface area contributed by atoms with Gasteiger partial charge in [0.25, 0.3) is 0 Å².